The van der Waals surface area contributed by atoms with Crippen molar-refractivity contribution < 1.29 is 21.5 Å². The van der Waals surface area contributed by atoms with Crippen LogP contribution in [-0.2, 0) is 17.1 Å². The van der Waals surface area contributed by atoms with Gasteiger partial charge in [0, 0.05) is 5.54 Å². The quantitative estimate of drug-likeness (QED) is 0.138. The Morgan fingerprint density at radius 3 is 2.07 bits per heavy atom. The van der Waals surface area contributed by atoms with Crippen molar-refractivity contribution in [1.82, 2.24) is 4.98 Å². The SMILES string of the molecule is [Mn+2].[c-]1ccccc1-c1[c-]c2c(-c3nc4c5c(ccc4o3)-c3ccccc3C5[Si](c3ccccc3)c3ccccc3)cccc2cc1. The second-order valence-corrected chi connectivity index (χ2v) is 14.0. The monoisotopic (exact) mass is 643 g/mol. The number of oxazole rings is 1. The van der Waals surface area contributed by atoms with Gasteiger partial charge in [-0.05, 0) is 33.9 Å². The van der Waals surface area contributed by atoms with Crippen molar-refractivity contribution in [3.63, 3.8) is 0 Å². The van der Waals surface area contributed by atoms with Crippen LogP contribution in [0.2, 0.25) is 0 Å². The molecule has 0 N–H and O–H groups in total. The molecule has 0 aliphatic heterocycles. The van der Waals surface area contributed by atoms with Gasteiger partial charge < -0.3 is 4.42 Å². The normalized spacial score (nSPS) is 13.5. The van der Waals surface area contributed by atoms with Crippen molar-refractivity contribution in [2.45, 2.75) is 5.54 Å². The summed E-state index contributed by atoms with van der Waals surface area (Å²) in [6.07, 6.45) is 0. The van der Waals surface area contributed by atoms with Crippen molar-refractivity contribution in [3.05, 3.63) is 175 Å². The van der Waals surface area contributed by atoms with E-state index in [2.05, 4.69) is 146 Å². The zero-order valence-corrected chi connectivity index (χ0v) is 26.9. The van der Waals surface area contributed by atoms with E-state index in [4.69, 9.17) is 9.40 Å². The zero-order valence-electron chi connectivity index (χ0n) is 24.7. The first-order chi connectivity index (χ1) is 22.3. The van der Waals surface area contributed by atoms with Gasteiger partial charge in [0.25, 0.3) is 0 Å². The molecule has 1 aliphatic rings. The standard InChI is InChI=1S/C42H26NOSi.Mn/c1-4-13-28(14-5-1)30-24-23-29-15-12-22-36(37(29)27-30)42-43-40-38(44-42)26-25-34-33-20-10-11-21-35(33)41(39(34)40)45(31-16-6-2-7-17-31)32-18-8-3-9-19-32;/h1-13,15-26,41H;/q-2;+2. The average molecular weight is 644 g/mol. The third-order valence-corrected chi connectivity index (χ3v) is 12.0. The molecule has 7 aromatic carbocycles. The number of fused-ring (bicyclic) bond motifs is 6. The number of hydrogen-bond acceptors (Lipinski definition) is 2. The molecule has 1 unspecified atom stereocenters. The van der Waals surface area contributed by atoms with Gasteiger partial charge in [0.15, 0.2) is 11.5 Å². The van der Waals surface area contributed by atoms with Gasteiger partial charge in [-0.2, -0.15) is 42.0 Å². The van der Waals surface area contributed by atoms with E-state index >= 15 is 0 Å². The Balaban J connectivity index is 0.00000312. The largest absolute Gasteiger partial charge is 2.00 e. The molecular weight excluding hydrogens is 617 g/mol. The second kappa shape index (κ2) is 11.7. The molecule has 0 bridgehead atoms. The fraction of sp³-hybridized carbons (Fsp3) is 0.0238. The Labute approximate surface area is 280 Å². The van der Waals surface area contributed by atoms with Gasteiger partial charge >= 0.3 is 17.1 Å². The maximum atomic E-state index is 6.64. The molecule has 0 saturated carbocycles. The number of hydrogen-bond donors (Lipinski definition) is 0. The Hall–Kier alpha value is -4.99. The molecule has 0 saturated heterocycles. The minimum atomic E-state index is -1.31. The van der Waals surface area contributed by atoms with E-state index in [0.717, 1.165) is 38.6 Å². The van der Waals surface area contributed by atoms with Crippen molar-refractivity contribution in [1.29, 1.82) is 0 Å². The molecule has 46 heavy (non-hydrogen) atoms. The summed E-state index contributed by atoms with van der Waals surface area (Å²) in [6.45, 7) is 0. The predicted octanol–water partition coefficient (Wildman–Crippen LogP) is 8.87. The first-order valence-corrected chi connectivity index (χ1v) is 16.8. The van der Waals surface area contributed by atoms with Gasteiger partial charge in [0.05, 0.1) is 0 Å². The first kappa shape index (κ1) is 28.5. The van der Waals surface area contributed by atoms with Gasteiger partial charge in [-0.1, -0.05) is 125 Å². The minimum absolute atomic E-state index is 0. The minimum Gasteiger partial charge on any atom is -0.443 e. The summed E-state index contributed by atoms with van der Waals surface area (Å²) in [6, 6.07) is 60.9. The summed E-state index contributed by atoms with van der Waals surface area (Å²) in [5.74, 6) is 0.623. The van der Waals surface area contributed by atoms with E-state index in [9.17, 15) is 0 Å². The third-order valence-electron chi connectivity index (χ3n) is 8.92. The first-order valence-electron chi connectivity index (χ1n) is 15.3. The smallest absolute Gasteiger partial charge is 0.443 e. The number of aromatic nitrogens is 1. The van der Waals surface area contributed by atoms with E-state index in [1.807, 2.05) is 18.2 Å². The van der Waals surface area contributed by atoms with Crippen LogP contribution in [0, 0.1) is 12.1 Å². The fourth-order valence-electron chi connectivity index (χ4n) is 6.94. The van der Waals surface area contributed by atoms with E-state index in [-0.39, 0.29) is 22.6 Å². The third kappa shape index (κ3) is 4.66. The Bertz CT molecular complexity index is 2290. The van der Waals surface area contributed by atoms with E-state index in [0.29, 0.717) is 5.89 Å². The van der Waals surface area contributed by atoms with Crippen LogP contribution in [0.4, 0.5) is 0 Å². The van der Waals surface area contributed by atoms with E-state index in [1.54, 1.807) is 0 Å². The molecule has 2 radical (unpaired) electrons. The molecule has 4 heteroatoms. The molecule has 8 aromatic rings. The Morgan fingerprint density at radius 1 is 0.587 bits per heavy atom. The molecule has 216 valence electrons. The van der Waals surface area contributed by atoms with Gasteiger partial charge in [0.1, 0.15) is 14.3 Å². The molecule has 1 aromatic heterocycles. The summed E-state index contributed by atoms with van der Waals surface area (Å²) in [5.41, 5.74) is 10.1. The van der Waals surface area contributed by atoms with Crippen LogP contribution in [0.3, 0.4) is 0 Å². The van der Waals surface area contributed by atoms with Crippen LogP contribution in [-0.4, -0.2) is 13.8 Å². The van der Waals surface area contributed by atoms with E-state index < -0.39 is 8.80 Å². The number of nitrogens with zero attached hydrogens (tertiary/aromatic N) is 1. The van der Waals surface area contributed by atoms with Gasteiger partial charge in [-0.25, -0.2) is 10.5 Å². The summed E-state index contributed by atoms with van der Waals surface area (Å²) in [5, 5.41) is 4.86. The molecule has 0 spiro atoms. The van der Waals surface area contributed by atoms with Crippen molar-refractivity contribution in [3.8, 4) is 33.7 Å². The summed E-state index contributed by atoms with van der Waals surface area (Å²) >= 11 is 0. The van der Waals surface area contributed by atoms with Crippen LogP contribution in [0.25, 0.3) is 55.6 Å². The Morgan fingerprint density at radius 2 is 1.30 bits per heavy atom. The van der Waals surface area contributed by atoms with Crippen LogP contribution in [0.1, 0.15) is 16.7 Å². The predicted molar refractivity (Wildman–Crippen MR) is 185 cm³/mol. The van der Waals surface area contributed by atoms with Crippen LogP contribution >= 0.6 is 0 Å². The number of benzene rings is 7. The van der Waals surface area contributed by atoms with Crippen molar-refractivity contribution >= 4 is 41.0 Å². The average Bonchev–Trinajstić information content (AvgIpc) is 3.69. The fourth-order valence-corrected chi connectivity index (χ4v) is 10.2. The summed E-state index contributed by atoms with van der Waals surface area (Å²) in [7, 11) is -1.31. The maximum Gasteiger partial charge on any atom is 2.00 e. The van der Waals surface area contributed by atoms with Crippen molar-refractivity contribution in [2.75, 3.05) is 0 Å². The summed E-state index contributed by atoms with van der Waals surface area (Å²) in [4.78, 5) is 5.33. The molecule has 0 fully saturated rings. The topological polar surface area (TPSA) is 26.0 Å². The summed E-state index contributed by atoms with van der Waals surface area (Å²) < 4.78 is 6.64. The van der Waals surface area contributed by atoms with Gasteiger partial charge in [-0.15, -0.1) is 17.5 Å². The van der Waals surface area contributed by atoms with Crippen molar-refractivity contribution in [2.24, 2.45) is 0 Å². The molecule has 0 amide bonds. The Kier molecular flexibility index (Phi) is 7.27. The van der Waals surface area contributed by atoms with Crippen LogP contribution < -0.4 is 10.4 Å². The molecule has 1 atom stereocenters. The van der Waals surface area contributed by atoms with Gasteiger partial charge in [-0.3, -0.25) is 0 Å². The molecule has 9 rings (SSSR count). The zero-order chi connectivity index (χ0) is 29.7. The molecule has 1 heterocycles. The second-order valence-electron chi connectivity index (χ2n) is 11.5. The number of rotatable bonds is 5. The molecule has 1 aliphatic carbocycles. The van der Waals surface area contributed by atoms with Crippen LogP contribution in [0.15, 0.2) is 156 Å². The molecular formula is C42H26MnNOSi. The van der Waals surface area contributed by atoms with Crippen LogP contribution in [0.5, 0.6) is 0 Å². The maximum absolute atomic E-state index is 6.64. The van der Waals surface area contributed by atoms with E-state index in [1.165, 1.54) is 32.6 Å². The van der Waals surface area contributed by atoms with Gasteiger partial charge in [0.2, 0.25) is 0 Å². The molecule has 2 nitrogen and oxygen atoms in total.